The zero-order valence-electron chi connectivity index (χ0n) is 22.8. The van der Waals surface area contributed by atoms with E-state index in [1.54, 1.807) is 24.4 Å². The van der Waals surface area contributed by atoms with Crippen molar-refractivity contribution in [2.75, 3.05) is 20.3 Å². The van der Waals surface area contributed by atoms with Gasteiger partial charge >= 0.3 is 12.2 Å². The van der Waals surface area contributed by atoms with E-state index in [2.05, 4.69) is 14.7 Å². The molecule has 228 valence electrons. The molecule has 0 radical (unpaired) electrons. The first-order valence-electron chi connectivity index (χ1n) is 13.6. The van der Waals surface area contributed by atoms with Gasteiger partial charge in [-0.3, -0.25) is 4.79 Å². The number of oxazole rings is 1. The second-order valence-corrected chi connectivity index (χ2v) is 11.4. The summed E-state index contributed by atoms with van der Waals surface area (Å²) < 4.78 is 83.2. The second-order valence-electron chi connectivity index (χ2n) is 10.6. The van der Waals surface area contributed by atoms with Crippen molar-refractivity contribution >= 4 is 34.6 Å². The zero-order valence-corrected chi connectivity index (χ0v) is 23.7. The van der Waals surface area contributed by atoms with E-state index in [-0.39, 0.29) is 44.1 Å². The average Bonchev–Trinajstić information content (AvgIpc) is 3.68. The lowest BCUT2D eigenvalue weighted by atomic mass is 9.82. The first-order chi connectivity index (χ1) is 19.9. The van der Waals surface area contributed by atoms with Crippen LogP contribution in [-0.4, -0.2) is 64.6 Å². The van der Waals surface area contributed by atoms with Crippen molar-refractivity contribution in [1.82, 2.24) is 24.9 Å². The molecular formula is C27H30F5N5O4S. The van der Waals surface area contributed by atoms with Crippen LogP contribution in [0, 0.1) is 5.92 Å². The number of nitrogens with zero attached hydrogens (tertiary/aromatic N) is 3. The summed E-state index contributed by atoms with van der Waals surface area (Å²) in [5, 5.41) is 4.90. The first-order valence-corrected chi connectivity index (χ1v) is 14.3. The van der Waals surface area contributed by atoms with Gasteiger partial charge in [-0.1, -0.05) is 13.0 Å². The number of hydrogen-bond acceptors (Lipinski definition) is 7. The van der Waals surface area contributed by atoms with E-state index < -0.39 is 48.7 Å². The van der Waals surface area contributed by atoms with Crippen molar-refractivity contribution in [3.8, 4) is 0 Å². The third kappa shape index (κ3) is 6.21. The maximum Gasteiger partial charge on any atom is 0.410 e. The molecule has 1 saturated heterocycles. The highest BCUT2D eigenvalue weighted by atomic mass is 32.1. The molecule has 9 nitrogen and oxygen atoms in total. The van der Waals surface area contributed by atoms with Gasteiger partial charge in [0.25, 0.3) is 5.91 Å². The number of methoxy groups -OCH3 is 1. The van der Waals surface area contributed by atoms with Gasteiger partial charge in [0.05, 0.1) is 19.2 Å². The van der Waals surface area contributed by atoms with Gasteiger partial charge in [-0.2, -0.15) is 13.2 Å². The highest BCUT2D eigenvalue weighted by Crippen LogP contribution is 2.42. The summed E-state index contributed by atoms with van der Waals surface area (Å²) in [5.41, 5.74) is 1.90. The van der Waals surface area contributed by atoms with Gasteiger partial charge in [0.15, 0.2) is 5.58 Å². The van der Waals surface area contributed by atoms with Crippen molar-refractivity contribution in [2.24, 2.45) is 5.92 Å². The van der Waals surface area contributed by atoms with E-state index in [1.165, 1.54) is 7.11 Å². The van der Waals surface area contributed by atoms with Crippen molar-refractivity contribution in [2.45, 2.75) is 69.3 Å². The van der Waals surface area contributed by atoms with Crippen LogP contribution in [0.4, 0.5) is 26.7 Å². The minimum atomic E-state index is -4.60. The highest BCUT2D eigenvalue weighted by molar-refractivity contribution is 7.08. The van der Waals surface area contributed by atoms with E-state index in [9.17, 15) is 31.5 Å². The van der Waals surface area contributed by atoms with Crippen LogP contribution in [0.25, 0.3) is 11.1 Å². The molecule has 2 aliphatic rings. The fourth-order valence-corrected chi connectivity index (χ4v) is 6.26. The summed E-state index contributed by atoms with van der Waals surface area (Å²) in [4.78, 5) is 31.8. The number of benzene rings is 1. The number of aryl methyl sites for hydroxylation is 1. The number of carbonyl (C=O) groups excluding carboxylic acids is 2. The molecule has 3 atom stereocenters. The number of amides is 3. The number of hydrogen-bond donors (Lipinski definition) is 2. The van der Waals surface area contributed by atoms with Crippen molar-refractivity contribution < 1.29 is 40.7 Å². The molecular weight excluding hydrogens is 585 g/mol. The molecule has 2 N–H and O–H groups in total. The molecule has 1 aliphatic carbocycles. The van der Waals surface area contributed by atoms with Gasteiger partial charge in [-0.25, -0.2) is 22.9 Å². The van der Waals surface area contributed by atoms with Crippen LogP contribution in [0.1, 0.15) is 71.4 Å². The van der Waals surface area contributed by atoms with Crippen LogP contribution in [0.2, 0.25) is 0 Å². The van der Waals surface area contributed by atoms with Crippen LogP contribution in [-0.2, 0) is 11.2 Å². The van der Waals surface area contributed by atoms with Crippen molar-refractivity contribution in [1.29, 1.82) is 0 Å². The Bertz CT molecular complexity index is 1430. The second kappa shape index (κ2) is 11.7. The number of aromatic nitrogens is 2. The van der Waals surface area contributed by atoms with Gasteiger partial charge in [0.1, 0.15) is 22.5 Å². The molecule has 15 heteroatoms. The predicted octanol–water partition coefficient (Wildman–Crippen LogP) is 5.79. The van der Waals surface area contributed by atoms with Crippen LogP contribution in [0.3, 0.4) is 0 Å². The molecule has 2 aromatic heterocycles. The minimum absolute atomic E-state index is 0.0716. The van der Waals surface area contributed by atoms with Crippen LogP contribution in [0.15, 0.2) is 28.8 Å². The maximum absolute atomic E-state index is 14.0. The van der Waals surface area contributed by atoms with Gasteiger partial charge in [-0.15, -0.1) is 0 Å². The van der Waals surface area contributed by atoms with E-state index in [1.807, 2.05) is 12.2 Å². The molecule has 3 unspecified atom stereocenters. The zero-order chi connectivity index (χ0) is 30.2. The fraction of sp³-hybridized carbons (Fsp3) is 0.556. The molecule has 42 heavy (non-hydrogen) atoms. The fourth-order valence-electron chi connectivity index (χ4n) is 5.52. The number of fused-ring (bicyclic) bond motifs is 1. The van der Waals surface area contributed by atoms with Crippen molar-refractivity contribution in [3.05, 3.63) is 46.3 Å². The third-order valence-electron chi connectivity index (χ3n) is 7.86. The number of alkyl halides is 5. The number of urea groups is 1. The van der Waals surface area contributed by atoms with E-state index in [0.717, 1.165) is 22.0 Å². The van der Waals surface area contributed by atoms with Gasteiger partial charge in [0.2, 0.25) is 11.8 Å². The lowest BCUT2D eigenvalue weighted by molar-refractivity contribution is -0.150. The Morgan fingerprint density at radius 2 is 2.05 bits per heavy atom. The quantitative estimate of drug-likeness (QED) is 0.295. The first kappa shape index (κ1) is 30.1. The van der Waals surface area contributed by atoms with Crippen LogP contribution < -0.4 is 10.6 Å². The van der Waals surface area contributed by atoms with Crippen LogP contribution >= 0.6 is 11.5 Å². The topological polar surface area (TPSA) is 110 Å². The van der Waals surface area contributed by atoms with E-state index in [4.69, 9.17) is 9.15 Å². The summed E-state index contributed by atoms with van der Waals surface area (Å²) in [7, 11) is 1.38. The van der Waals surface area contributed by atoms with Gasteiger partial charge in [-0.05, 0) is 60.0 Å². The standard InChI is InChI=1S/C27H30F5N5O4S/c1-3-14-11-33-42-22(14)23(38)36-21(15-6-8-26(28,29)9-7-15)24-34-17-10-16(4-5-19(17)41-24)18(13-40-2)37-12-20(27(30,31)32)35-25(37)39/h4-5,10-11,15,18,20-21H,3,6-9,12-13H2,1-2H3,(H,35,39)(H,36,38). The number of carbonyl (C=O) groups is 2. The lowest BCUT2D eigenvalue weighted by Gasteiger charge is -2.32. The maximum atomic E-state index is 14.0. The summed E-state index contributed by atoms with van der Waals surface area (Å²) in [6.45, 7) is 1.24. The highest BCUT2D eigenvalue weighted by Gasteiger charge is 2.48. The summed E-state index contributed by atoms with van der Waals surface area (Å²) in [6.07, 6.45) is -2.77. The normalized spacial score (nSPS) is 21.0. The molecule has 1 aromatic carbocycles. The van der Waals surface area contributed by atoms with Gasteiger partial charge in [0, 0.05) is 26.1 Å². The summed E-state index contributed by atoms with van der Waals surface area (Å²) in [6, 6.07) is 0.245. The Morgan fingerprint density at radius 1 is 1.31 bits per heavy atom. The molecule has 3 amide bonds. The Hall–Kier alpha value is -3.33. The number of rotatable bonds is 9. The molecule has 0 bridgehead atoms. The monoisotopic (exact) mass is 615 g/mol. The number of halogens is 5. The molecule has 2 fully saturated rings. The Labute approximate surface area is 242 Å². The summed E-state index contributed by atoms with van der Waals surface area (Å²) in [5.74, 6) is -3.42. The Morgan fingerprint density at radius 3 is 2.69 bits per heavy atom. The minimum Gasteiger partial charge on any atom is -0.438 e. The number of ether oxygens (including phenoxy) is 1. The molecule has 3 heterocycles. The largest absolute Gasteiger partial charge is 0.438 e. The molecule has 0 spiro atoms. The third-order valence-corrected chi connectivity index (χ3v) is 8.70. The molecule has 1 saturated carbocycles. The van der Waals surface area contributed by atoms with Crippen LogP contribution in [0.5, 0.6) is 0 Å². The SMILES string of the molecule is CCc1cnsc1C(=O)NC(c1nc2cc(C(COC)N3CC(C(F)(F)F)NC3=O)ccc2o1)C1CCC(F)(F)CC1. The lowest BCUT2D eigenvalue weighted by Crippen LogP contribution is -2.40. The number of nitrogens with one attached hydrogen (secondary N) is 2. The molecule has 5 rings (SSSR count). The van der Waals surface area contributed by atoms with Gasteiger partial charge < -0.3 is 24.7 Å². The predicted molar refractivity (Wildman–Crippen MR) is 142 cm³/mol. The Kier molecular flexibility index (Phi) is 8.43. The van der Waals surface area contributed by atoms with E-state index >= 15 is 0 Å². The molecule has 1 aliphatic heterocycles. The van der Waals surface area contributed by atoms with Crippen molar-refractivity contribution in [3.63, 3.8) is 0 Å². The van der Waals surface area contributed by atoms with E-state index in [0.29, 0.717) is 28.0 Å². The Balaban J connectivity index is 1.45. The average molecular weight is 616 g/mol. The smallest absolute Gasteiger partial charge is 0.410 e. The summed E-state index contributed by atoms with van der Waals surface area (Å²) >= 11 is 1.04. The molecule has 3 aromatic rings.